The molecule has 1 aliphatic rings. The molecule has 1 saturated heterocycles. The van der Waals surface area contributed by atoms with Gasteiger partial charge in [0, 0.05) is 18.7 Å². The molecule has 0 spiro atoms. The maximum Gasteiger partial charge on any atom is 0.133 e. The Labute approximate surface area is 95.9 Å². The first-order valence-electron chi connectivity index (χ1n) is 5.79. The zero-order chi connectivity index (χ0) is 11.2. The maximum atomic E-state index is 5.60. The molecule has 1 fully saturated rings. The van der Waals surface area contributed by atoms with Crippen LogP contribution in [0.25, 0.3) is 0 Å². The van der Waals surface area contributed by atoms with Crippen LogP contribution in [0.1, 0.15) is 24.2 Å². The van der Waals surface area contributed by atoms with Gasteiger partial charge < -0.3 is 19.2 Å². The smallest absolute Gasteiger partial charge is 0.133 e. The van der Waals surface area contributed by atoms with Gasteiger partial charge in [-0.2, -0.15) is 0 Å². The molecule has 0 amide bonds. The van der Waals surface area contributed by atoms with E-state index in [9.17, 15) is 0 Å². The van der Waals surface area contributed by atoms with E-state index < -0.39 is 0 Å². The minimum atomic E-state index is 0.280. The number of nitrogens with one attached hydrogen (secondary N) is 1. The van der Waals surface area contributed by atoms with Crippen LogP contribution in [0, 0.1) is 0 Å². The molecule has 4 nitrogen and oxygen atoms in total. The van der Waals surface area contributed by atoms with Crippen LogP contribution in [0.2, 0.25) is 0 Å². The van der Waals surface area contributed by atoms with Crippen LogP contribution in [0.5, 0.6) is 0 Å². The Balaban J connectivity index is 1.73. The van der Waals surface area contributed by atoms with Crippen molar-refractivity contribution in [1.29, 1.82) is 0 Å². The summed E-state index contributed by atoms with van der Waals surface area (Å²) in [6.45, 7) is 2.89. The highest BCUT2D eigenvalue weighted by atomic mass is 16.5. The van der Waals surface area contributed by atoms with Crippen LogP contribution in [-0.2, 0) is 22.6 Å². The Morgan fingerprint density at radius 1 is 1.56 bits per heavy atom. The number of furan rings is 1. The van der Waals surface area contributed by atoms with E-state index in [-0.39, 0.29) is 6.10 Å². The first-order chi connectivity index (χ1) is 7.90. The molecule has 0 aromatic carbocycles. The molecule has 0 radical (unpaired) electrons. The Bertz CT molecular complexity index is 305. The molecule has 2 heterocycles. The van der Waals surface area contributed by atoms with E-state index >= 15 is 0 Å². The fourth-order valence-electron chi connectivity index (χ4n) is 1.90. The lowest BCUT2D eigenvalue weighted by atomic mass is 10.2. The van der Waals surface area contributed by atoms with E-state index in [2.05, 4.69) is 5.32 Å². The Hall–Kier alpha value is -0.840. The molecular weight excluding hydrogens is 206 g/mol. The minimum Gasteiger partial charge on any atom is -0.467 e. The molecule has 0 aliphatic carbocycles. The van der Waals surface area contributed by atoms with Crippen molar-refractivity contribution in [3.05, 3.63) is 23.7 Å². The van der Waals surface area contributed by atoms with Crippen LogP contribution in [0.4, 0.5) is 0 Å². The van der Waals surface area contributed by atoms with Crippen LogP contribution >= 0.6 is 0 Å². The predicted molar refractivity (Wildman–Crippen MR) is 60.1 cm³/mol. The highest BCUT2D eigenvalue weighted by Gasteiger charge is 2.16. The first kappa shape index (κ1) is 11.6. The first-order valence-corrected chi connectivity index (χ1v) is 5.79. The summed E-state index contributed by atoms with van der Waals surface area (Å²) in [5, 5.41) is 3.10. The SMILES string of the molecule is CNCc1ccoc1COCC1CCCO1. The highest BCUT2D eigenvalue weighted by Crippen LogP contribution is 2.15. The third kappa shape index (κ3) is 3.07. The van der Waals surface area contributed by atoms with Crippen molar-refractivity contribution in [2.75, 3.05) is 20.3 Å². The van der Waals surface area contributed by atoms with Gasteiger partial charge in [-0.3, -0.25) is 0 Å². The Morgan fingerprint density at radius 3 is 3.25 bits per heavy atom. The molecule has 0 saturated carbocycles. The van der Waals surface area contributed by atoms with Gasteiger partial charge in [-0.25, -0.2) is 0 Å². The molecule has 2 rings (SSSR count). The van der Waals surface area contributed by atoms with E-state index in [0.29, 0.717) is 13.2 Å². The summed E-state index contributed by atoms with van der Waals surface area (Å²) in [5.74, 6) is 0.910. The molecule has 1 aliphatic heterocycles. The molecule has 1 atom stereocenters. The fraction of sp³-hybridized carbons (Fsp3) is 0.667. The van der Waals surface area contributed by atoms with Crippen LogP contribution in [-0.4, -0.2) is 26.4 Å². The number of hydrogen-bond acceptors (Lipinski definition) is 4. The number of rotatable bonds is 6. The van der Waals surface area contributed by atoms with Gasteiger partial charge in [0.2, 0.25) is 0 Å². The van der Waals surface area contributed by atoms with E-state index in [1.165, 1.54) is 0 Å². The normalized spacial score (nSPS) is 20.4. The average molecular weight is 225 g/mol. The maximum absolute atomic E-state index is 5.60. The van der Waals surface area contributed by atoms with Crippen molar-refractivity contribution >= 4 is 0 Å². The molecular formula is C12H19NO3. The molecule has 1 aromatic heterocycles. The molecule has 90 valence electrons. The van der Waals surface area contributed by atoms with Gasteiger partial charge >= 0.3 is 0 Å². The number of ether oxygens (including phenoxy) is 2. The van der Waals surface area contributed by atoms with Gasteiger partial charge in [0.1, 0.15) is 12.4 Å². The van der Waals surface area contributed by atoms with Crippen molar-refractivity contribution in [3.8, 4) is 0 Å². The van der Waals surface area contributed by atoms with Crippen molar-refractivity contribution in [2.24, 2.45) is 0 Å². The molecule has 1 unspecified atom stereocenters. The van der Waals surface area contributed by atoms with E-state index in [1.807, 2.05) is 13.1 Å². The average Bonchev–Trinajstić information content (AvgIpc) is 2.91. The zero-order valence-electron chi connectivity index (χ0n) is 9.70. The second kappa shape index (κ2) is 6.03. The topological polar surface area (TPSA) is 43.6 Å². The lowest BCUT2D eigenvalue weighted by Gasteiger charge is -2.09. The largest absolute Gasteiger partial charge is 0.467 e. The van der Waals surface area contributed by atoms with Gasteiger partial charge in [-0.1, -0.05) is 0 Å². The second-order valence-electron chi connectivity index (χ2n) is 4.05. The summed E-state index contributed by atoms with van der Waals surface area (Å²) >= 11 is 0. The lowest BCUT2D eigenvalue weighted by Crippen LogP contribution is -2.14. The van der Waals surface area contributed by atoms with Crippen molar-refractivity contribution in [1.82, 2.24) is 5.32 Å². The zero-order valence-corrected chi connectivity index (χ0v) is 9.70. The van der Waals surface area contributed by atoms with Crippen molar-refractivity contribution in [3.63, 3.8) is 0 Å². The molecule has 0 bridgehead atoms. The second-order valence-corrected chi connectivity index (χ2v) is 4.05. The summed E-state index contributed by atoms with van der Waals surface area (Å²) < 4.78 is 16.5. The van der Waals surface area contributed by atoms with E-state index in [1.54, 1.807) is 6.26 Å². The summed E-state index contributed by atoms with van der Waals surface area (Å²) in [6, 6.07) is 1.97. The Morgan fingerprint density at radius 2 is 2.50 bits per heavy atom. The van der Waals surface area contributed by atoms with Gasteiger partial charge in [-0.15, -0.1) is 0 Å². The summed E-state index contributed by atoms with van der Waals surface area (Å²) in [5.41, 5.74) is 1.16. The van der Waals surface area contributed by atoms with Gasteiger partial charge in [0.05, 0.1) is 19.0 Å². The standard InChI is InChI=1S/C12H19NO3/c1-13-7-10-4-6-16-12(10)9-14-8-11-3-2-5-15-11/h4,6,11,13H,2-3,5,7-9H2,1H3. The summed E-state index contributed by atoms with van der Waals surface area (Å²) in [6.07, 6.45) is 4.25. The molecule has 4 heteroatoms. The Kier molecular flexibility index (Phi) is 4.39. The van der Waals surface area contributed by atoms with Gasteiger partial charge in [0.25, 0.3) is 0 Å². The van der Waals surface area contributed by atoms with Crippen molar-refractivity contribution in [2.45, 2.75) is 32.1 Å². The third-order valence-electron chi connectivity index (χ3n) is 2.77. The van der Waals surface area contributed by atoms with Gasteiger partial charge in [-0.05, 0) is 26.0 Å². The predicted octanol–water partition coefficient (Wildman–Crippen LogP) is 1.69. The monoisotopic (exact) mass is 225 g/mol. The third-order valence-corrected chi connectivity index (χ3v) is 2.77. The van der Waals surface area contributed by atoms with Gasteiger partial charge in [0.15, 0.2) is 0 Å². The van der Waals surface area contributed by atoms with Crippen LogP contribution < -0.4 is 5.32 Å². The lowest BCUT2D eigenvalue weighted by molar-refractivity contribution is 0.00553. The fourth-order valence-corrected chi connectivity index (χ4v) is 1.90. The van der Waals surface area contributed by atoms with Crippen LogP contribution in [0.15, 0.2) is 16.7 Å². The summed E-state index contributed by atoms with van der Waals surface area (Å²) in [7, 11) is 1.92. The van der Waals surface area contributed by atoms with Crippen LogP contribution in [0.3, 0.4) is 0 Å². The van der Waals surface area contributed by atoms with E-state index in [0.717, 1.165) is 37.3 Å². The summed E-state index contributed by atoms with van der Waals surface area (Å²) in [4.78, 5) is 0. The minimum absolute atomic E-state index is 0.280. The molecule has 16 heavy (non-hydrogen) atoms. The van der Waals surface area contributed by atoms with E-state index in [4.69, 9.17) is 13.9 Å². The highest BCUT2D eigenvalue weighted by molar-refractivity contribution is 5.15. The molecule has 1 N–H and O–H groups in total. The number of hydrogen-bond donors (Lipinski definition) is 1. The van der Waals surface area contributed by atoms with Crippen molar-refractivity contribution < 1.29 is 13.9 Å². The molecule has 1 aromatic rings. The quantitative estimate of drug-likeness (QED) is 0.800.